The molecule has 0 saturated carbocycles. The van der Waals surface area contributed by atoms with Gasteiger partial charge in [-0.3, -0.25) is 19.5 Å². The van der Waals surface area contributed by atoms with E-state index in [9.17, 15) is 0 Å². The van der Waals surface area contributed by atoms with Gasteiger partial charge in [0.15, 0.2) is 11.6 Å². The molecule has 0 spiro atoms. The van der Waals surface area contributed by atoms with E-state index < -0.39 is 0 Å². The molecule has 0 radical (unpaired) electrons. The molecule has 30 aromatic rings. The summed E-state index contributed by atoms with van der Waals surface area (Å²) in [6.07, 6.45) is 5.66. The number of hydrogen-bond acceptors (Lipinski definition) is 6. The topological polar surface area (TPSA) is 107 Å². The maximum Gasteiger partial charge on any atom is 0.238 e. The van der Waals surface area contributed by atoms with Crippen LogP contribution in [0.1, 0.15) is 0 Å². The van der Waals surface area contributed by atoms with Crippen molar-refractivity contribution in [2.45, 2.75) is 0 Å². The van der Waals surface area contributed by atoms with Crippen molar-refractivity contribution in [3.8, 4) is 135 Å². The van der Waals surface area contributed by atoms with Gasteiger partial charge < -0.3 is 22.8 Å². The molecule has 30 rings (SSSR count). The van der Waals surface area contributed by atoms with Crippen LogP contribution in [-0.2, 0) is 0 Å². The molecule has 0 atom stereocenters. The van der Waals surface area contributed by atoms with E-state index in [1.807, 2.05) is 104 Å². The Bertz CT molecular complexity index is 10400. The zero-order valence-corrected chi connectivity index (χ0v) is 81.3. The van der Waals surface area contributed by atoms with Crippen LogP contribution >= 0.6 is 0 Å². The first kappa shape index (κ1) is 87.5. The Hall–Kier alpha value is -20.3. The highest BCUT2D eigenvalue weighted by Crippen LogP contribution is 2.46. The highest BCUT2D eigenvalue weighted by Gasteiger charge is 2.25. The van der Waals surface area contributed by atoms with E-state index in [1.54, 1.807) is 0 Å². The van der Waals surface area contributed by atoms with Crippen molar-refractivity contribution in [2.24, 2.45) is 0 Å². The van der Waals surface area contributed by atoms with Gasteiger partial charge in [0.2, 0.25) is 5.95 Å². The number of aromatic nitrogens is 12. The predicted molar refractivity (Wildman–Crippen MR) is 621 cm³/mol. The Morgan fingerprint density at radius 2 is 0.347 bits per heavy atom. The predicted octanol–water partition coefficient (Wildman–Crippen LogP) is 35.0. The largest absolute Gasteiger partial charge is 0.309 e. The maximum absolute atomic E-state index is 5.11. The molecule has 12 nitrogen and oxygen atoms in total. The van der Waals surface area contributed by atoms with Crippen LogP contribution in [0.15, 0.2) is 546 Å². The van der Waals surface area contributed by atoms with Crippen molar-refractivity contribution in [1.82, 2.24) is 57.3 Å². The lowest BCUT2D eigenvalue weighted by atomic mass is 10.0. The number of rotatable bonds is 15. The molecule has 10 aromatic heterocycles. The van der Waals surface area contributed by atoms with E-state index in [2.05, 4.69) is 470 Å². The van der Waals surface area contributed by atoms with Gasteiger partial charge in [-0.15, -0.1) is 0 Å². The molecule has 0 fully saturated rings. The molecule has 12 heteroatoms. The highest BCUT2D eigenvalue weighted by atomic mass is 15.2. The number of pyridine rings is 3. The van der Waals surface area contributed by atoms with Gasteiger partial charge in [0.25, 0.3) is 0 Å². The van der Waals surface area contributed by atoms with Gasteiger partial charge >= 0.3 is 0 Å². The van der Waals surface area contributed by atoms with E-state index in [1.165, 1.54) is 105 Å². The van der Waals surface area contributed by atoms with Crippen LogP contribution in [0.2, 0.25) is 0 Å². The van der Waals surface area contributed by atoms with Crippen molar-refractivity contribution in [2.75, 3.05) is 0 Å². The zero-order chi connectivity index (χ0) is 99.1. The van der Waals surface area contributed by atoms with Crippen LogP contribution in [0.4, 0.5) is 0 Å². The standard InChI is InChI=1S/2C47H31N3.C44H28N6/c1-3-12-32(13-4-1)34-16-9-18-38(28-34)49-44-26-24-36(30-42(44)47-45(49)22-11-27-48-47)37-23-25-41-40-20-7-8-21-43(40)50(46(41)31-37)39-19-10-17-35(29-39)33-14-5-2-6-15-33;1-3-11-32(12-4-1)34-20-24-38(25-21-34)49-44-27-23-36(30-42(44)47-45(49)19-10-28-48-47)37-22-26-41-40-17-7-8-18-43(40)50(46(41)31-37)39-16-9-15-35(29-39)33-13-5-2-6-14-33;1-4-13-29(14-5-1)42-46-43(30-15-6-2-7-16-30)48-44(47-42)50-37-20-11-10-19-34(37)35-24-22-32(28-40(35)50)31-23-25-38-36(27-31)41-39(21-12-26-45-41)49(38)33-17-8-3-9-18-33/h2*1-31H;1-28H. The third-order valence-electron chi connectivity index (χ3n) is 29.3. The molecule has 0 unspecified atom stereocenters. The van der Waals surface area contributed by atoms with Crippen molar-refractivity contribution in [3.05, 3.63) is 546 Å². The minimum absolute atomic E-state index is 0.576. The van der Waals surface area contributed by atoms with Crippen LogP contribution in [0, 0.1) is 0 Å². The summed E-state index contributed by atoms with van der Waals surface area (Å²) in [6.45, 7) is 0. The Morgan fingerprint density at radius 1 is 0.120 bits per heavy atom. The normalized spacial score (nSPS) is 11.6. The number of benzene rings is 20. The van der Waals surface area contributed by atoms with Crippen molar-refractivity contribution in [3.63, 3.8) is 0 Å². The van der Waals surface area contributed by atoms with Gasteiger partial charge in [-0.05, 0) is 248 Å². The van der Waals surface area contributed by atoms with Gasteiger partial charge in [0, 0.05) is 107 Å². The maximum atomic E-state index is 5.11. The molecule has 0 aliphatic heterocycles. The number of para-hydroxylation sites is 4. The first-order valence-corrected chi connectivity index (χ1v) is 50.7. The summed E-state index contributed by atoms with van der Waals surface area (Å²) in [6, 6.07) is 188. The van der Waals surface area contributed by atoms with Gasteiger partial charge in [-0.25, -0.2) is 4.98 Å². The summed E-state index contributed by atoms with van der Waals surface area (Å²) in [4.78, 5) is 29.8. The fourth-order valence-electron chi connectivity index (χ4n) is 22.4. The first-order chi connectivity index (χ1) is 74.4. The lowest BCUT2D eigenvalue weighted by Crippen LogP contribution is -2.06. The summed E-state index contributed by atoms with van der Waals surface area (Å²) < 4.78 is 14.0. The van der Waals surface area contributed by atoms with E-state index in [4.69, 9.17) is 29.9 Å². The van der Waals surface area contributed by atoms with Gasteiger partial charge in [-0.1, -0.05) is 358 Å². The van der Waals surface area contributed by atoms with Crippen LogP contribution in [0.5, 0.6) is 0 Å². The average molecular weight is 1920 g/mol. The van der Waals surface area contributed by atoms with Crippen LogP contribution < -0.4 is 0 Å². The van der Waals surface area contributed by atoms with E-state index in [0.29, 0.717) is 17.6 Å². The molecule has 0 aliphatic carbocycles. The number of fused-ring (bicyclic) bond motifs is 18. The van der Waals surface area contributed by atoms with E-state index in [-0.39, 0.29) is 0 Å². The third-order valence-corrected chi connectivity index (χ3v) is 29.3. The van der Waals surface area contributed by atoms with Crippen molar-refractivity contribution >= 4 is 131 Å². The van der Waals surface area contributed by atoms with Gasteiger partial charge in [0.05, 0.1) is 82.8 Å². The molecule has 0 N–H and O–H groups in total. The van der Waals surface area contributed by atoms with Crippen LogP contribution in [0.25, 0.3) is 266 Å². The monoisotopic (exact) mass is 1910 g/mol. The molecule has 20 aromatic carbocycles. The molecule has 0 aliphatic rings. The average Bonchev–Trinajstić information content (AvgIpc) is 1.59. The van der Waals surface area contributed by atoms with Crippen LogP contribution in [0.3, 0.4) is 0 Å². The second-order valence-corrected chi connectivity index (χ2v) is 38.1. The molecular weight excluding hydrogens is 1830 g/mol. The first-order valence-electron chi connectivity index (χ1n) is 50.7. The molecule has 10 heterocycles. The van der Waals surface area contributed by atoms with Crippen molar-refractivity contribution in [1.29, 1.82) is 0 Å². The van der Waals surface area contributed by atoms with E-state index in [0.717, 1.165) is 144 Å². The fraction of sp³-hybridized carbons (Fsp3) is 0. The Morgan fingerprint density at radius 3 is 0.707 bits per heavy atom. The minimum atomic E-state index is 0.576. The van der Waals surface area contributed by atoms with Gasteiger partial charge in [-0.2, -0.15) is 9.97 Å². The van der Waals surface area contributed by atoms with Gasteiger partial charge in [0.1, 0.15) is 0 Å². The molecule has 702 valence electrons. The third kappa shape index (κ3) is 15.5. The zero-order valence-electron chi connectivity index (χ0n) is 81.3. The minimum Gasteiger partial charge on any atom is -0.309 e. The summed E-state index contributed by atoms with van der Waals surface area (Å²) in [5.41, 5.74) is 40.6. The quantitative estimate of drug-likeness (QED) is 0.101. The number of hydrogen-bond donors (Lipinski definition) is 0. The second kappa shape index (κ2) is 37.1. The molecular formula is C138H90N12. The number of nitrogens with zero attached hydrogens (tertiary/aromatic N) is 12. The van der Waals surface area contributed by atoms with Crippen LogP contribution in [-0.4, -0.2) is 57.3 Å². The Balaban J connectivity index is 0.000000108. The molecule has 150 heavy (non-hydrogen) atoms. The second-order valence-electron chi connectivity index (χ2n) is 38.1. The summed E-state index contributed by atoms with van der Waals surface area (Å²) in [7, 11) is 0. The smallest absolute Gasteiger partial charge is 0.238 e. The highest BCUT2D eigenvalue weighted by molar-refractivity contribution is 6.16. The van der Waals surface area contributed by atoms with E-state index >= 15 is 0 Å². The summed E-state index contributed by atoms with van der Waals surface area (Å²) in [5.74, 6) is 1.83. The molecule has 0 saturated heterocycles. The lowest BCUT2D eigenvalue weighted by molar-refractivity contribution is 0.953. The SMILES string of the molecule is c1ccc(-c2ccc(-n3c4ccc(-c5ccc6c7ccccc7n(-c7cccc(-c8ccccc8)c7)c6c5)cc4c4ncccc43)cc2)cc1.c1ccc(-c2cccc(-n3c4ccccc4c4ccc(-c5ccc6c(c5)c5ncccc5n6-c5cccc(-c6ccccc6)c5)cc43)c2)cc1.c1ccc(-c2nc(-c3ccccc3)nc(-n3c4ccccc4c4ccc(-c5ccc6c(c5)c5ncccc5n6-c5ccccc5)cc43)n2)cc1. The Labute approximate surface area is 863 Å². The fourth-order valence-corrected chi connectivity index (χ4v) is 22.4. The Kier molecular flexibility index (Phi) is 21.6. The molecule has 0 amide bonds. The summed E-state index contributed by atoms with van der Waals surface area (Å²) in [5, 5.41) is 10.7. The lowest BCUT2D eigenvalue weighted by Gasteiger charge is -2.12. The van der Waals surface area contributed by atoms with Crippen molar-refractivity contribution < 1.29 is 0 Å². The summed E-state index contributed by atoms with van der Waals surface area (Å²) >= 11 is 0. The molecule has 0 bridgehead atoms.